The maximum Gasteiger partial charge on any atom is 0.262 e. The van der Waals surface area contributed by atoms with E-state index in [4.69, 9.17) is 4.98 Å². The van der Waals surface area contributed by atoms with Crippen molar-refractivity contribution in [2.24, 2.45) is 11.8 Å². The molecule has 5 nitrogen and oxygen atoms in total. The molecule has 0 radical (unpaired) electrons. The monoisotopic (exact) mass is 387 g/mol. The van der Waals surface area contributed by atoms with Crippen LogP contribution in [-0.2, 0) is 4.79 Å². The molecule has 1 aliphatic rings. The Bertz CT molecular complexity index is 869. The van der Waals surface area contributed by atoms with E-state index in [-0.39, 0.29) is 17.5 Å². The summed E-state index contributed by atoms with van der Waals surface area (Å²) in [6.07, 6.45) is 2.01. The SMILES string of the molecule is CC[C@@H](C)n1c(SCC(=O)N2C[C@H](C)C[C@H](C)C2)nc2ccccc2c1=O. The first-order chi connectivity index (χ1) is 12.9. The van der Waals surface area contributed by atoms with Crippen molar-refractivity contribution in [3.8, 4) is 0 Å². The summed E-state index contributed by atoms with van der Waals surface area (Å²) in [4.78, 5) is 32.4. The van der Waals surface area contributed by atoms with Gasteiger partial charge in [0.15, 0.2) is 5.16 Å². The molecule has 1 amide bonds. The molecule has 0 N–H and O–H groups in total. The van der Waals surface area contributed by atoms with Gasteiger partial charge in [-0.2, -0.15) is 0 Å². The predicted molar refractivity (Wildman–Crippen MR) is 111 cm³/mol. The van der Waals surface area contributed by atoms with E-state index in [0.717, 1.165) is 19.5 Å². The highest BCUT2D eigenvalue weighted by Gasteiger charge is 2.26. The number of hydrogen-bond donors (Lipinski definition) is 0. The van der Waals surface area contributed by atoms with Gasteiger partial charge in [-0.15, -0.1) is 0 Å². The average Bonchev–Trinajstić information content (AvgIpc) is 2.65. The topological polar surface area (TPSA) is 55.2 Å². The van der Waals surface area contributed by atoms with Crippen LogP contribution in [0.4, 0.5) is 0 Å². The quantitative estimate of drug-likeness (QED) is 0.575. The fraction of sp³-hybridized carbons (Fsp3) is 0.571. The van der Waals surface area contributed by atoms with E-state index < -0.39 is 0 Å². The highest BCUT2D eigenvalue weighted by atomic mass is 32.2. The summed E-state index contributed by atoms with van der Waals surface area (Å²) in [6.45, 7) is 10.1. The first-order valence-corrected chi connectivity index (χ1v) is 10.8. The van der Waals surface area contributed by atoms with Crippen molar-refractivity contribution in [1.82, 2.24) is 14.5 Å². The van der Waals surface area contributed by atoms with Crippen LogP contribution in [0.5, 0.6) is 0 Å². The summed E-state index contributed by atoms with van der Waals surface area (Å²) in [5, 5.41) is 1.27. The van der Waals surface area contributed by atoms with Gasteiger partial charge in [-0.25, -0.2) is 4.98 Å². The fourth-order valence-electron chi connectivity index (χ4n) is 3.88. The summed E-state index contributed by atoms with van der Waals surface area (Å²) >= 11 is 1.38. The summed E-state index contributed by atoms with van der Waals surface area (Å²) in [5.41, 5.74) is 0.669. The zero-order valence-corrected chi connectivity index (χ0v) is 17.5. The summed E-state index contributed by atoms with van der Waals surface area (Å²) in [5.74, 6) is 1.54. The van der Waals surface area contributed by atoms with Gasteiger partial charge in [0.2, 0.25) is 5.91 Å². The van der Waals surface area contributed by atoms with Gasteiger partial charge in [-0.05, 0) is 43.7 Å². The molecular weight excluding hydrogens is 358 g/mol. The largest absolute Gasteiger partial charge is 0.341 e. The molecule has 2 aromatic rings. The molecule has 146 valence electrons. The molecule has 0 aliphatic carbocycles. The predicted octanol–water partition coefficient (Wildman–Crippen LogP) is 3.96. The van der Waals surface area contributed by atoms with Gasteiger partial charge in [0, 0.05) is 19.1 Å². The Labute approximate surface area is 165 Å². The molecule has 3 atom stereocenters. The minimum absolute atomic E-state index is 0.0230. The molecule has 0 spiro atoms. The molecular formula is C21H29N3O2S. The number of carbonyl (C=O) groups is 1. The third-order valence-corrected chi connectivity index (χ3v) is 6.29. The smallest absolute Gasteiger partial charge is 0.262 e. The van der Waals surface area contributed by atoms with E-state index in [1.807, 2.05) is 36.1 Å². The summed E-state index contributed by atoms with van der Waals surface area (Å²) < 4.78 is 1.75. The first-order valence-electron chi connectivity index (χ1n) is 9.82. The van der Waals surface area contributed by atoms with Crippen LogP contribution >= 0.6 is 11.8 Å². The van der Waals surface area contributed by atoms with Gasteiger partial charge in [0.25, 0.3) is 5.56 Å². The summed E-state index contributed by atoms with van der Waals surface area (Å²) in [6, 6.07) is 7.47. The van der Waals surface area contributed by atoms with Crippen molar-refractivity contribution in [2.45, 2.75) is 51.7 Å². The maximum atomic E-state index is 13.0. The van der Waals surface area contributed by atoms with Crippen LogP contribution in [0.3, 0.4) is 0 Å². The number of hydrogen-bond acceptors (Lipinski definition) is 4. The zero-order valence-electron chi connectivity index (χ0n) is 16.6. The molecule has 1 aromatic heterocycles. The lowest BCUT2D eigenvalue weighted by Crippen LogP contribution is -2.43. The number of thioether (sulfide) groups is 1. The second kappa shape index (κ2) is 8.46. The Kier molecular flexibility index (Phi) is 6.25. The second-order valence-corrected chi connectivity index (χ2v) is 8.82. The van der Waals surface area contributed by atoms with Crippen molar-refractivity contribution in [1.29, 1.82) is 0 Å². The van der Waals surface area contributed by atoms with E-state index in [9.17, 15) is 9.59 Å². The Morgan fingerprint density at radius 2 is 1.93 bits per heavy atom. The van der Waals surface area contributed by atoms with Crippen molar-refractivity contribution in [3.63, 3.8) is 0 Å². The number of carbonyl (C=O) groups excluding carboxylic acids is 1. The first kappa shape index (κ1) is 19.9. The number of fused-ring (bicyclic) bond motifs is 1. The van der Waals surface area contributed by atoms with Crippen LogP contribution in [0.15, 0.2) is 34.2 Å². The molecule has 27 heavy (non-hydrogen) atoms. The van der Waals surface area contributed by atoms with Gasteiger partial charge in [0.05, 0.1) is 16.7 Å². The number of benzene rings is 1. The van der Waals surface area contributed by atoms with Crippen LogP contribution in [0.25, 0.3) is 10.9 Å². The normalized spacial score (nSPS) is 21.4. The minimum atomic E-state index is -0.0230. The van der Waals surface area contributed by atoms with Crippen LogP contribution in [-0.4, -0.2) is 39.2 Å². The van der Waals surface area contributed by atoms with E-state index >= 15 is 0 Å². The van der Waals surface area contributed by atoms with Gasteiger partial charge in [-0.1, -0.05) is 44.7 Å². The number of rotatable bonds is 5. The summed E-state index contributed by atoms with van der Waals surface area (Å²) in [7, 11) is 0. The highest BCUT2D eigenvalue weighted by molar-refractivity contribution is 7.99. The van der Waals surface area contributed by atoms with Crippen LogP contribution < -0.4 is 5.56 Å². The van der Waals surface area contributed by atoms with Gasteiger partial charge < -0.3 is 4.90 Å². The number of piperidine rings is 1. The third kappa shape index (κ3) is 4.37. The Morgan fingerprint density at radius 1 is 1.26 bits per heavy atom. The molecule has 1 fully saturated rings. The van der Waals surface area contributed by atoms with Crippen LogP contribution in [0.2, 0.25) is 0 Å². The molecule has 1 aromatic carbocycles. The van der Waals surface area contributed by atoms with Crippen LogP contribution in [0.1, 0.15) is 46.6 Å². The Balaban J connectivity index is 1.85. The van der Waals surface area contributed by atoms with Gasteiger partial charge in [0.1, 0.15) is 0 Å². The number of likely N-dealkylation sites (tertiary alicyclic amines) is 1. The molecule has 2 heterocycles. The molecule has 1 aliphatic heterocycles. The fourth-order valence-corrected chi connectivity index (χ4v) is 4.88. The molecule has 1 saturated heterocycles. The number of aromatic nitrogens is 2. The second-order valence-electron chi connectivity index (χ2n) is 7.88. The molecule has 3 rings (SSSR count). The standard InChI is InChI=1S/C21H29N3O2S/c1-5-16(4)24-20(26)17-8-6-7-9-18(17)22-21(24)27-13-19(25)23-11-14(2)10-15(3)12-23/h6-9,14-16H,5,10-13H2,1-4H3/t14-,15+,16-/m1/s1. The van der Waals surface area contributed by atoms with Crippen molar-refractivity contribution in [2.75, 3.05) is 18.8 Å². The minimum Gasteiger partial charge on any atom is -0.341 e. The Morgan fingerprint density at radius 3 is 2.59 bits per heavy atom. The van der Waals surface area contributed by atoms with E-state index in [2.05, 4.69) is 20.8 Å². The van der Waals surface area contributed by atoms with Crippen molar-refractivity contribution < 1.29 is 4.79 Å². The van der Waals surface area contributed by atoms with E-state index in [0.29, 0.717) is 33.6 Å². The molecule has 0 unspecified atom stereocenters. The Hall–Kier alpha value is -1.82. The lowest BCUT2D eigenvalue weighted by Gasteiger charge is -2.35. The maximum absolute atomic E-state index is 13.0. The lowest BCUT2D eigenvalue weighted by molar-refractivity contribution is -0.130. The van der Waals surface area contributed by atoms with Crippen LogP contribution in [0, 0.1) is 11.8 Å². The van der Waals surface area contributed by atoms with Crippen molar-refractivity contribution in [3.05, 3.63) is 34.6 Å². The lowest BCUT2D eigenvalue weighted by atomic mass is 9.92. The van der Waals surface area contributed by atoms with E-state index in [1.54, 1.807) is 4.57 Å². The number of nitrogens with zero attached hydrogens (tertiary/aromatic N) is 3. The third-order valence-electron chi connectivity index (χ3n) is 5.35. The van der Waals surface area contributed by atoms with E-state index in [1.165, 1.54) is 18.2 Å². The molecule has 6 heteroatoms. The average molecular weight is 388 g/mol. The van der Waals surface area contributed by atoms with Gasteiger partial charge >= 0.3 is 0 Å². The van der Waals surface area contributed by atoms with Gasteiger partial charge in [-0.3, -0.25) is 14.2 Å². The number of amides is 1. The number of para-hydroxylation sites is 1. The molecule has 0 saturated carbocycles. The molecule has 0 bridgehead atoms. The zero-order chi connectivity index (χ0) is 19.6. The van der Waals surface area contributed by atoms with Crippen molar-refractivity contribution >= 4 is 28.6 Å². The highest BCUT2D eigenvalue weighted by Crippen LogP contribution is 2.25.